The maximum absolute atomic E-state index is 5.91. The van der Waals surface area contributed by atoms with Crippen LogP contribution in [0.2, 0.25) is 0 Å². The van der Waals surface area contributed by atoms with Gasteiger partial charge in [0.1, 0.15) is 0 Å². The number of unbranched alkanes of at least 4 members (excludes halogenated alkanes) is 8. The lowest BCUT2D eigenvalue weighted by atomic mass is 9.89. The monoisotopic (exact) mass is 474 g/mol. The summed E-state index contributed by atoms with van der Waals surface area (Å²) in [7, 11) is 0. The second-order valence-electron chi connectivity index (χ2n) is 10.1. The van der Waals surface area contributed by atoms with Crippen LogP contribution in [0.15, 0.2) is 30.5 Å². The topological polar surface area (TPSA) is 40.8 Å². The summed E-state index contributed by atoms with van der Waals surface area (Å²) in [6, 6.07) is 8.69. The minimum absolute atomic E-state index is 0.302. The number of fused-ring (bicyclic) bond motifs is 7. The van der Waals surface area contributed by atoms with Gasteiger partial charge in [-0.15, -0.1) is 0 Å². The Balaban J connectivity index is 1.30. The predicted octanol–water partition coefficient (Wildman–Crippen LogP) is 6.88. The Labute approximate surface area is 208 Å². The van der Waals surface area contributed by atoms with Crippen molar-refractivity contribution in [2.24, 2.45) is 0 Å². The number of pyridine rings is 1. The molecule has 2 aromatic carbocycles. The van der Waals surface area contributed by atoms with Gasteiger partial charge in [-0.05, 0) is 42.7 Å². The van der Waals surface area contributed by atoms with E-state index in [9.17, 15) is 0 Å². The van der Waals surface area contributed by atoms with Gasteiger partial charge in [0, 0.05) is 17.4 Å². The molecule has 0 amide bonds. The van der Waals surface area contributed by atoms with E-state index in [0.717, 1.165) is 42.4 Å². The van der Waals surface area contributed by atoms with E-state index in [1.165, 1.54) is 90.9 Å². The summed E-state index contributed by atoms with van der Waals surface area (Å²) in [6.07, 6.45) is 16.3. The molecule has 0 bridgehead atoms. The number of hydrogen-bond acceptors (Lipinski definition) is 4. The Bertz CT molecular complexity index is 1240. The van der Waals surface area contributed by atoms with E-state index in [1.807, 2.05) is 0 Å². The van der Waals surface area contributed by atoms with E-state index in [4.69, 9.17) is 18.9 Å². The molecule has 184 valence electrons. The van der Waals surface area contributed by atoms with Gasteiger partial charge in [0.05, 0.1) is 10.9 Å². The molecule has 0 N–H and O–H groups in total. The third-order valence-electron chi connectivity index (χ3n) is 7.77. The first-order valence-electron chi connectivity index (χ1n) is 13.5. The molecule has 3 aliphatic rings. The lowest BCUT2D eigenvalue weighted by molar-refractivity contribution is -0.686. The highest BCUT2D eigenvalue weighted by Gasteiger charge is 2.32. The molecule has 35 heavy (non-hydrogen) atoms. The predicted molar refractivity (Wildman–Crippen MR) is 136 cm³/mol. The summed E-state index contributed by atoms with van der Waals surface area (Å²) in [5.41, 5.74) is 5.38. The highest BCUT2D eigenvalue weighted by Crippen LogP contribution is 2.45. The van der Waals surface area contributed by atoms with E-state index < -0.39 is 0 Å². The van der Waals surface area contributed by atoms with Crippen LogP contribution in [0.25, 0.3) is 22.0 Å². The molecule has 0 aliphatic carbocycles. The number of aryl methyl sites for hydroxylation is 3. The highest BCUT2D eigenvalue weighted by atomic mass is 16.7. The van der Waals surface area contributed by atoms with Crippen LogP contribution in [0.1, 0.15) is 75.8 Å². The second kappa shape index (κ2) is 9.96. The van der Waals surface area contributed by atoms with Crippen LogP contribution in [0.4, 0.5) is 0 Å². The minimum atomic E-state index is 0.302. The van der Waals surface area contributed by atoms with Gasteiger partial charge in [-0.25, -0.2) is 0 Å². The first kappa shape index (κ1) is 22.5. The molecule has 0 saturated carbocycles. The van der Waals surface area contributed by atoms with Gasteiger partial charge in [-0.3, -0.25) is 0 Å². The Kier molecular flexibility index (Phi) is 6.41. The Morgan fingerprint density at radius 1 is 0.743 bits per heavy atom. The fraction of sp³-hybridized carbons (Fsp3) is 0.500. The maximum atomic E-state index is 5.91. The van der Waals surface area contributed by atoms with Crippen LogP contribution in [-0.2, 0) is 19.4 Å². The largest absolute Gasteiger partial charge is 0.454 e. The molecule has 0 unspecified atom stereocenters. The van der Waals surface area contributed by atoms with Gasteiger partial charge >= 0.3 is 0 Å². The third kappa shape index (κ3) is 4.30. The Hall–Kier alpha value is -2.95. The SMILES string of the molecule is CCCCCCCCCCCc1c2[n+](cc3c4c(ccc13)OCO4)CCc1cc3c(cc1-2)OCO3. The van der Waals surface area contributed by atoms with E-state index >= 15 is 0 Å². The average Bonchev–Trinajstić information content (AvgIpc) is 3.55. The molecule has 0 atom stereocenters. The third-order valence-corrected chi connectivity index (χ3v) is 7.77. The summed E-state index contributed by atoms with van der Waals surface area (Å²) in [4.78, 5) is 0. The molecule has 6 rings (SSSR count). The lowest BCUT2D eigenvalue weighted by Crippen LogP contribution is -2.41. The summed E-state index contributed by atoms with van der Waals surface area (Å²) < 4.78 is 25.5. The molecule has 0 fully saturated rings. The van der Waals surface area contributed by atoms with Crippen LogP contribution in [0.3, 0.4) is 0 Å². The molecule has 0 spiro atoms. The van der Waals surface area contributed by atoms with Crippen molar-refractivity contribution in [3.63, 3.8) is 0 Å². The van der Waals surface area contributed by atoms with Gasteiger partial charge in [0.25, 0.3) is 0 Å². The van der Waals surface area contributed by atoms with E-state index in [2.05, 4.69) is 42.0 Å². The second-order valence-corrected chi connectivity index (χ2v) is 10.1. The highest BCUT2D eigenvalue weighted by molar-refractivity contribution is 5.95. The number of benzene rings is 2. The van der Waals surface area contributed by atoms with Crippen molar-refractivity contribution < 1.29 is 23.5 Å². The minimum Gasteiger partial charge on any atom is -0.454 e. The van der Waals surface area contributed by atoms with E-state index in [1.54, 1.807) is 0 Å². The quantitative estimate of drug-likeness (QED) is 0.237. The summed E-state index contributed by atoms with van der Waals surface area (Å²) in [5.74, 6) is 3.48. The van der Waals surface area contributed by atoms with Crippen LogP contribution < -0.4 is 23.5 Å². The Morgan fingerprint density at radius 2 is 1.46 bits per heavy atom. The number of rotatable bonds is 10. The lowest BCUT2D eigenvalue weighted by Gasteiger charge is -2.20. The van der Waals surface area contributed by atoms with E-state index in [-0.39, 0.29) is 0 Å². The van der Waals surface area contributed by atoms with Crippen molar-refractivity contribution in [1.82, 2.24) is 0 Å². The zero-order valence-electron chi connectivity index (χ0n) is 20.9. The number of hydrogen-bond donors (Lipinski definition) is 0. The normalized spacial score (nSPS) is 14.9. The van der Waals surface area contributed by atoms with Gasteiger partial charge in [-0.1, -0.05) is 58.3 Å². The first-order valence-corrected chi connectivity index (χ1v) is 13.5. The van der Waals surface area contributed by atoms with Crippen LogP contribution >= 0.6 is 0 Å². The zero-order chi connectivity index (χ0) is 23.6. The van der Waals surface area contributed by atoms with Crippen LogP contribution in [-0.4, -0.2) is 13.6 Å². The smallest absolute Gasteiger partial charge is 0.231 e. The maximum Gasteiger partial charge on any atom is 0.231 e. The molecule has 5 heteroatoms. The van der Waals surface area contributed by atoms with Crippen molar-refractivity contribution >= 4 is 10.8 Å². The number of ether oxygens (including phenoxy) is 4. The van der Waals surface area contributed by atoms with Gasteiger partial charge in [0.2, 0.25) is 19.3 Å². The van der Waals surface area contributed by atoms with Crippen molar-refractivity contribution in [3.8, 4) is 34.3 Å². The molecular weight excluding hydrogens is 438 g/mol. The fourth-order valence-electron chi connectivity index (χ4n) is 5.92. The molecular formula is C30H36NO4+. The standard InChI is InChI=1S/C30H36NO4/c1-2-3-4-5-6-7-8-9-10-11-23-22-12-13-26-30(35-20-32-26)25(22)18-31-15-14-21-16-27-28(34-19-33-27)17-24(21)29(23)31/h12-13,16-18H,2-11,14-15,19-20H2,1H3/q+1. The molecule has 0 radical (unpaired) electrons. The van der Waals surface area contributed by atoms with Crippen molar-refractivity contribution in [2.45, 2.75) is 84.1 Å². The molecule has 1 aromatic heterocycles. The summed E-state index contributed by atoms with van der Waals surface area (Å²) in [6.45, 7) is 3.85. The van der Waals surface area contributed by atoms with Crippen molar-refractivity contribution in [1.29, 1.82) is 0 Å². The van der Waals surface area contributed by atoms with E-state index in [0.29, 0.717) is 13.6 Å². The molecule has 3 aliphatic heterocycles. The molecule has 0 saturated heterocycles. The van der Waals surface area contributed by atoms with Gasteiger partial charge in [0.15, 0.2) is 35.7 Å². The van der Waals surface area contributed by atoms with Gasteiger partial charge in [-0.2, -0.15) is 4.57 Å². The van der Waals surface area contributed by atoms with Crippen molar-refractivity contribution in [3.05, 3.63) is 41.6 Å². The first-order chi connectivity index (χ1) is 17.3. The Morgan fingerprint density at radius 3 is 2.29 bits per heavy atom. The molecule has 4 heterocycles. The summed E-state index contributed by atoms with van der Waals surface area (Å²) >= 11 is 0. The van der Waals surface area contributed by atoms with Gasteiger partial charge < -0.3 is 18.9 Å². The van der Waals surface area contributed by atoms with Crippen molar-refractivity contribution in [2.75, 3.05) is 13.6 Å². The fourth-order valence-corrected chi connectivity index (χ4v) is 5.92. The summed E-state index contributed by atoms with van der Waals surface area (Å²) in [5, 5.41) is 2.45. The van der Waals surface area contributed by atoms with Crippen LogP contribution in [0, 0.1) is 0 Å². The molecule has 3 aromatic rings. The number of aromatic nitrogens is 1. The zero-order valence-corrected chi connectivity index (χ0v) is 20.9. The number of nitrogens with zero attached hydrogens (tertiary/aromatic N) is 1. The average molecular weight is 475 g/mol. The molecule has 5 nitrogen and oxygen atoms in total. The van der Waals surface area contributed by atoms with Crippen LogP contribution in [0.5, 0.6) is 23.0 Å².